The van der Waals surface area contributed by atoms with Crippen LogP contribution < -0.4 is 14.5 Å². The van der Waals surface area contributed by atoms with Gasteiger partial charge in [0.05, 0.1) is 16.7 Å². The number of benzene rings is 4. The number of carbonyl (C=O) groups excluding carboxylic acids is 2. The van der Waals surface area contributed by atoms with Gasteiger partial charge in [-0.2, -0.15) is 0 Å². The normalized spacial score (nSPS) is 18.1. The fraction of sp³-hybridized carbons (Fsp3) is 0.161. The van der Waals surface area contributed by atoms with Crippen LogP contribution in [0, 0.1) is 12.1 Å². The predicted molar refractivity (Wildman–Crippen MR) is 142 cm³/mol. The van der Waals surface area contributed by atoms with Crippen LogP contribution in [-0.2, 0) is 10.5 Å². The lowest BCUT2D eigenvalue weighted by molar-refractivity contribution is -0.173. The van der Waals surface area contributed by atoms with E-state index < -0.39 is 23.3 Å². The predicted octanol–water partition coefficient (Wildman–Crippen LogP) is 6.36. The second-order valence-corrected chi connectivity index (χ2v) is 9.51. The average molecular weight is 509 g/mol. The molecule has 0 N–H and O–H groups in total. The van der Waals surface area contributed by atoms with Gasteiger partial charge in [0.1, 0.15) is 5.75 Å². The lowest BCUT2D eigenvalue weighted by Gasteiger charge is -2.48. The second-order valence-electron chi connectivity index (χ2n) is 9.51. The Hall–Kier alpha value is -4.46. The van der Waals surface area contributed by atoms with Crippen LogP contribution in [0.25, 0.3) is 0 Å². The van der Waals surface area contributed by atoms with E-state index in [2.05, 4.69) is 0 Å². The summed E-state index contributed by atoms with van der Waals surface area (Å²) in [6.07, 6.45) is 0. The minimum Gasteiger partial charge on any atom is -0.572 e. The third-order valence-electron chi connectivity index (χ3n) is 6.57. The Balaban J connectivity index is 1.58. The van der Waals surface area contributed by atoms with Crippen molar-refractivity contribution < 1.29 is 23.8 Å². The van der Waals surface area contributed by atoms with Gasteiger partial charge in [0, 0.05) is 12.1 Å². The molecule has 1 aliphatic rings. The summed E-state index contributed by atoms with van der Waals surface area (Å²) in [6.45, 7) is 5.09. The van der Waals surface area contributed by atoms with E-state index in [1.165, 1.54) is 6.07 Å². The van der Waals surface area contributed by atoms with Crippen molar-refractivity contribution in [3.63, 3.8) is 0 Å². The number of rotatable bonds is 5. The standard InChI is InChI=1S/C31H26NO6/c1-21-19-25-27(20-26(21)36-28(33)22-13-7-4-8-14-22)37-30(2,3)31(32(25)35,24-17-11-6-12-18-24)38-29(34)23-15-9-5-10-16-23/h4-20H,1-3H3. The van der Waals surface area contributed by atoms with E-state index in [4.69, 9.17) is 14.2 Å². The van der Waals surface area contributed by atoms with Crippen molar-refractivity contribution in [1.29, 1.82) is 0 Å². The highest BCUT2D eigenvalue weighted by Gasteiger charge is 2.66. The quantitative estimate of drug-likeness (QED) is 0.135. The topological polar surface area (TPSA) is 90.8 Å². The van der Waals surface area contributed by atoms with Gasteiger partial charge in [0.2, 0.25) is 11.3 Å². The van der Waals surface area contributed by atoms with Crippen LogP contribution in [0.15, 0.2) is 103 Å². The lowest BCUT2D eigenvalue weighted by Crippen LogP contribution is -2.65. The van der Waals surface area contributed by atoms with Gasteiger partial charge >= 0.3 is 17.7 Å². The van der Waals surface area contributed by atoms with E-state index >= 15 is 0 Å². The fourth-order valence-electron chi connectivity index (χ4n) is 4.62. The number of hydroxylamine groups is 1. The molecule has 0 fully saturated rings. The maximum atomic E-state index is 14.3. The van der Waals surface area contributed by atoms with Gasteiger partial charge in [-0.1, -0.05) is 54.6 Å². The molecule has 7 nitrogen and oxygen atoms in total. The summed E-state index contributed by atoms with van der Waals surface area (Å²) in [5.41, 5.74) is -1.39. The van der Waals surface area contributed by atoms with Crippen LogP contribution in [0.4, 0.5) is 5.69 Å². The summed E-state index contributed by atoms with van der Waals surface area (Å²) in [6, 6.07) is 29.0. The van der Waals surface area contributed by atoms with Crippen LogP contribution in [0.2, 0.25) is 0 Å². The summed E-state index contributed by atoms with van der Waals surface area (Å²) in [7, 11) is 0. The van der Waals surface area contributed by atoms with E-state index in [0.717, 1.165) is 0 Å². The van der Waals surface area contributed by atoms with E-state index in [-0.39, 0.29) is 17.2 Å². The molecule has 0 aromatic heterocycles. The summed E-state index contributed by atoms with van der Waals surface area (Å²) in [4.78, 5) is 26.0. The first-order valence-corrected chi connectivity index (χ1v) is 12.1. The molecular weight excluding hydrogens is 482 g/mol. The van der Waals surface area contributed by atoms with Gasteiger partial charge in [-0.05, 0) is 62.7 Å². The monoisotopic (exact) mass is 508 g/mol. The highest BCUT2D eigenvalue weighted by molar-refractivity contribution is 5.91. The highest BCUT2D eigenvalue weighted by Crippen LogP contribution is 2.52. The van der Waals surface area contributed by atoms with Crippen LogP contribution in [0.5, 0.6) is 11.5 Å². The Morgan fingerprint density at radius 3 is 1.89 bits per heavy atom. The van der Waals surface area contributed by atoms with E-state index in [0.29, 0.717) is 27.3 Å². The zero-order valence-corrected chi connectivity index (χ0v) is 21.2. The minimum absolute atomic E-state index is 0.144. The van der Waals surface area contributed by atoms with E-state index in [9.17, 15) is 14.8 Å². The Morgan fingerprint density at radius 1 is 0.789 bits per heavy atom. The van der Waals surface area contributed by atoms with Gasteiger partial charge in [-0.3, -0.25) is 0 Å². The molecule has 0 aliphatic carbocycles. The number of fused-ring (bicyclic) bond motifs is 1. The molecule has 7 heteroatoms. The van der Waals surface area contributed by atoms with Gasteiger partial charge in [-0.25, -0.2) is 9.59 Å². The fourth-order valence-corrected chi connectivity index (χ4v) is 4.62. The number of ether oxygens (including phenoxy) is 3. The third kappa shape index (κ3) is 4.32. The van der Waals surface area contributed by atoms with Gasteiger partial charge in [-0.15, -0.1) is 5.06 Å². The molecule has 1 unspecified atom stereocenters. The summed E-state index contributed by atoms with van der Waals surface area (Å²) >= 11 is 0. The van der Waals surface area contributed by atoms with Gasteiger partial charge in [0.25, 0.3) is 0 Å². The lowest BCUT2D eigenvalue weighted by atomic mass is 9.84. The zero-order valence-electron chi connectivity index (χ0n) is 21.2. The highest BCUT2D eigenvalue weighted by atomic mass is 16.7. The van der Waals surface area contributed by atoms with Crippen LogP contribution >= 0.6 is 0 Å². The Kier molecular flexibility index (Phi) is 6.48. The smallest absolute Gasteiger partial charge is 0.361 e. The summed E-state index contributed by atoms with van der Waals surface area (Å²) in [5.74, 6) is -0.734. The molecule has 1 atom stereocenters. The van der Waals surface area contributed by atoms with Crippen LogP contribution in [-0.4, -0.2) is 17.5 Å². The molecule has 1 aliphatic heterocycles. The maximum Gasteiger partial charge on any atom is 0.361 e. The number of hydrogen-bond donors (Lipinski definition) is 0. The molecule has 1 radical (unpaired) electrons. The first-order chi connectivity index (χ1) is 18.2. The number of anilines is 1. The van der Waals surface area contributed by atoms with E-state index in [1.807, 2.05) is 12.1 Å². The average Bonchev–Trinajstić information content (AvgIpc) is 2.93. The number of carbonyl (C=O) groups is 2. The van der Waals surface area contributed by atoms with Crippen LogP contribution in [0.3, 0.4) is 0 Å². The van der Waals surface area contributed by atoms with Gasteiger partial charge < -0.3 is 19.4 Å². The molecule has 0 amide bonds. The Bertz CT molecular complexity index is 1470. The number of esters is 2. The van der Waals surface area contributed by atoms with Crippen molar-refractivity contribution in [2.45, 2.75) is 32.1 Å². The van der Waals surface area contributed by atoms with Crippen molar-refractivity contribution in [3.05, 3.63) is 131 Å². The zero-order chi connectivity index (χ0) is 26.9. The van der Waals surface area contributed by atoms with Crippen LogP contribution in [0.1, 0.15) is 45.7 Å². The molecule has 191 valence electrons. The molecule has 1 heterocycles. The van der Waals surface area contributed by atoms with Crippen molar-refractivity contribution in [2.24, 2.45) is 0 Å². The molecule has 4 aromatic carbocycles. The van der Waals surface area contributed by atoms with Crippen molar-refractivity contribution in [1.82, 2.24) is 5.06 Å². The molecule has 4 aromatic rings. The Labute approximate surface area is 220 Å². The number of aryl methyl sites for hydroxylation is 1. The van der Waals surface area contributed by atoms with Crippen molar-refractivity contribution in [3.8, 4) is 11.5 Å². The summed E-state index contributed by atoms with van der Waals surface area (Å²) < 4.78 is 18.1. The molecule has 0 bridgehead atoms. The molecule has 0 saturated heterocycles. The first kappa shape index (κ1) is 25.2. The first-order valence-electron chi connectivity index (χ1n) is 12.1. The van der Waals surface area contributed by atoms with Gasteiger partial charge in [0.15, 0.2) is 5.75 Å². The maximum absolute atomic E-state index is 14.3. The molecule has 0 spiro atoms. The molecule has 38 heavy (non-hydrogen) atoms. The second kappa shape index (κ2) is 9.78. The minimum atomic E-state index is -1.86. The van der Waals surface area contributed by atoms with Crippen molar-refractivity contribution in [2.75, 3.05) is 0 Å². The largest absolute Gasteiger partial charge is 0.572 e. The SMILES string of the molecule is Cc1cc2c(cc1OC(=O)c1ccccc1)OC(C)(C)C(OC(=O)c1ccccc1)(c1ccccc1)[N+]2[O-]. The summed E-state index contributed by atoms with van der Waals surface area (Å²) in [5, 5.41) is 15.0. The third-order valence-corrected chi connectivity index (χ3v) is 6.57. The number of hydrogen-bond acceptors (Lipinski definition) is 7. The Morgan fingerprint density at radius 2 is 1.32 bits per heavy atom. The van der Waals surface area contributed by atoms with Crippen molar-refractivity contribution >= 4 is 17.6 Å². The molecule has 0 saturated carbocycles. The number of nitrogens with zero attached hydrogens (tertiary/aromatic N) is 1. The molecular formula is C31H26NO6. The molecule has 5 rings (SSSR count). The van der Waals surface area contributed by atoms with E-state index in [1.54, 1.807) is 106 Å².